The molecule has 0 amide bonds. The maximum atomic E-state index is 14.7. The summed E-state index contributed by atoms with van der Waals surface area (Å²) in [5, 5.41) is 12.7. The first kappa shape index (κ1) is 29.1. The Bertz CT molecular complexity index is 1380. The topological polar surface area (TPSA) is 142 Å². The van der Waals surface area contributed by atoms with Gasteiger partial charge in [-0.2, -0.15) is 0 Å². The number of methoxy groups -OCH3 is 1. The predicted molar refractivity (Wildman–Crippen MR) is 145 cm³/mol. The molecule has 1 aromatic rings. The van der Waals surface area contributed by atoms with E-state index < -0.39 is 87.2 Å². The molecule has 0 radical (unpaired) electrons. The fourth-order valence-corrected chi connectivity index (χ4v) is 9.75. The molecule has 3 aliphatic carbocycles. The van der Waals surface area contributed by atoms with E-state index in [9.17, 15) is 24.3 Å². The third-order valence-electron chi connectivity index (χ3n) is 11.8. The maximum Gasteiger partial charge on any atom is 0.333 e. The van der Waals surface area contributed by atoms with Crippen molar-refractivity contribution in [2.75, 3.05) is 7.11 Å². The Balaban J connectivity index is 1.53. The van der Waals surface area contributed by atoms with Crippen molar-refractivity contribution in [1.29, 1.82) is 0 Å². The number of aliphatic hydroxyl groups is 1. The molecule has 10 heteroatoms. The minimum absolute atomic E-state index is 0.0470. The number of allylic oxidation sites excluding steroid dienone is 1. The van der Waals surface area contributed by atoms with Gasteiger partial charge in [-0.1, -0.05) is 33.8 Å². The number of hydrogen-bond donors (Lipinski definition) is 1. The number of ether oxygens (including phenoxy) is 4. The number of esters is 3. The lowest BCUT2D eigenvalue weighted by atomic mass is 9.36. The van der Waals surface area contributed by atoms with Gasteiger partial charge in [0.15, 0.2) is 11.4 Å². The average molecular weight is 585 g/mol. The molecule has 3 heterocycles. The molecule has 0 aromatic carbocycles. The standard InChI is InChI=1S/C32H40O10/c1-8-16(2)24(35)41-26-28(3,4)19(13-21(33)38-7)30(6)18-9-11-29(5)20(32(18)27(42-32)31(26,37)25(30)36)14-22(34)40-23(29)17-10-12-39-15-17/h8,10,12,15,18-20,23,26-27,37H,9,11,13-14H2,1-7H3/b16-8+/t18-,19+,20-,23+,26+,27-,29-,30-,31+,32-/m1/s1. The van der Waals surface area contributed by atoms with Crippen molar-refractivity contribution in [2.24, 2.45) is 34.0 Å². The summed E-state index contributed by atoms with van der Waals surface area (Å²) < 4.78 is 29.0. The van der Waals surface area contributed by atoms with Crippen molar-refractivity contribution in [1.82, 2.24) is 0 Å². The smallest absolute Gasteiger partial charge is 0.333 e. The molecule has 3 saturated carbocycles. The fourth-order valence-electron chi connectivity index (χ4n) is 9.75. The van der Waals surface area contributed by atoms with Crippen LogP contribution >= 0.6 is 0 Å². The van der Waals surface area contributed by atoms with Crippen LogP contribution < -0.4 is 0 Å². The van der Waals surface area contributed by atoms with E-state index in [-0.39, 0.29) is 12.8 Å². The molecule has 0 unspecified atom stereocenters. The lowest BCUT2D eigenvalue weighted by molar-refractivity contribution is -0.250. The monoisotopic (exact) mass is 584 g/mol. The van der Waals surface area contributed by atoms with Crippen LogP contribution in [-0.4, -0.2) is 59.3 Å². The van der Waals surface area contributed by atoms with Crippen LogP contribution in [0.2, 0.25) is 0 Å². The van der Waals surface area contributed by atoms with E-state index in [1.54, 1.807) is 32.3 Å². The van der Waals surface area contributed by atoms with E-state index in [1.165, 1.54) is 13.4 Å². The number of hydrogen-bond acceptors (Lipinski definition) is 10. The van der Waals surface area contributed by atoms with Crippen molar-refractivity contribution < 1.29 is 47.6 Å². The first-order chi connectivity index (χ1) is 19.6. The summed E-state index contributed by atoms with van der Waals surface area (Å²) in [6, 6.07) is 1.78. The Morgan fingerprint density at radius 2 is 1.88 bits per heavy atom. The molecule has 1 spiro atoms. The van der Waals surface area contributed by atoms with Crippen LogP contribution in [0.3, 0.4) is 0 Å². The average Bonchev–Trinajstić information content (AvgIpc) is 3.44. The van der Waals surface area contributed by atoms with Gasteiger partial charge in [-0.05, 0) is 38.7 Å². The van der Waals surface area contributed by atoms with Gasteiger partial charge in [-0.25, -0.2) is 4.79 Å². The third-order valence-corrected chi connectivity index (χ3v) is 11.8. The highest BCUT2D eigenvalue weighted by molar-refractivity contribution is 5.99. The molecule has 2 aliphatic heterocycles. The molecule has 2 bridgehead atoms. The van der Waals surface area contributed by atoms with Gasteiger partial charge < -0.3 is 28.5 Å². The Morgan fingerprint density at radius 3 is 2.50 bits per heavy atom. The molecule has 228 valence electrons. The summed E-state index contributed by atoms with van der Waals surface area (Å²) >= 11 is 0. The Kier molecular flexibility index (Phi) is 6.25. The molecule has 10 nitrogen and oxygen atoms in total. The van der Waals surface area contributed by atoms with E-state index in [1.807, 2.05) is 20.8 Å². The number of ketones is 1. The second kappa shape index (κ2) is 9.02. The molecular formula is C32H40O10. The van der Waals surface area contributed by atoms with E-state index in [2.05, 4.69) is 6.92 Å². The third kappa shape index (κ3) is 3.39. The number of furan rings is 1. The van der Waals surface area contributed by atoms with Crippen LogP contribution in [0, 0.1) is 34.0 Å². The zero-order valence-corrected chi connectivity index (χ0v) is 25.2. The van der Waals surface area contributed by atoms with Crippen molar-refractivity contribution in [3.63, 3.8) is 0 Å². The molecule has 5 fully saturated rings. The number of rotatable bonds is 5. The Hall–Kier alpha value is -2.98. The fraction of sp³-hybridized carbons (Fsp3) is 0.688. The second-order valence-electron chi connectivity index (χ2n) is 14.0. The quantitative estimate of drug-likeness (QED) is 0.235. The van der Waals surface area contributed by atoms with Gasteiger partial charge in [-0.3, -0.25) is 14.4 Å². The molecule has 1 N–H and O–H groups in total. The van der Waals surface area contributed by atoms with Crippen LogP contribution in [0.4, 0.5) is 0 Å². The number of carbonyl (C=O) groups is 4. The normalized spacial score (nSPS) is 45.1. The number of Topliss-reactive ketones (excluding diaryl/α,β-unsaturated/α-hetero) is 1. The summed E-state index contributed by atoms with van der Waals surface area (Å²) in [7, 11) is 1.30. The number of epoxide rings is 1. The molecule has 42 heavy (non-hydrogen) atoms. The molecule has 10 atom stereocenters. The minimum Gasteiger partial charge on any atom is -0.472 e. The highest BCUT2D eigenvalue weighted by Gasteiger charge is 2.90. The molecule has 1 aromatic heterocycles. The maximum absolute atomic E-state index is 14.7. The van der Waals surface area contributed by atoms with Crippen LogP contribution in [0.15, 0.2) is 34.7 Å². The van der Waals surface area contributed by atoms with E-state index in [0.29, 0.717) is 18.4 Å². The van der Waals surface area contributed by atoms with Crippen molar-refractivity contribution in [3.8, 4) is 0 Å². The largest absolute Gasteiger partial charge is 0.472 e. The SMILES string of the molecule is C/C=C(\C)C(=O)O[C@H]1C(C)(C)[C@H](CC(=O)OC)[C@]2(C)C(=O)[C@@]1(O)[C@H]1O[C@]13[C@@H]1CC(=O)O[C@@H](c4ccoc4)[C@]1(C)CC[C@H]23. The van der Waals surface area contributed by atoms with Crippen LogP contribution in [0.1, 0.15) is 78.9 Å². The summed E-state index contributed by atoms with van der Waals surface area (Å²) in [4.78, 5) is 53.9. The second-order valence-corrected chi connectivity index (χ2v) is 14.0. The predicted octanol–water partition coefficient (Wildman–Crippen LogP) is 3.85. The summed E-state index contributed by atoms with van der Waals surface area (Å²) in [5.41, 5.74) is -5.08. The summed E-state index contributed by atoms with van der Waals surface area (Å²) in [6.07, 6.45) is 2.89. The van der Waals surface area contributed by atoms with Crippen LogP contribution in [0.25, 0.3) is 0 Å². The van der Waals surface area contributed by atoms with Gasteiger partial charge in [0.2, 0.25) is 0 Å². The van der Waals surface area contributed by atoms with Gasteiger partial charge in [0.25, 0.3) is 0 Å². The van der Waals surface area contributed by atoms with Gasteiger partial charge >= 0.3 is 17.9 Å². The molecule has 5 aliphatic rings. The van der Waals surface area contributed by atoms with Gasteiger partial charge in [0, 0.05) is 45.6 Å². The zero-order chi connectivity index (χ0) is 30.6. The Morgan fingerprint density at radius 1 is 1.17 bits per heavy atom. The number of fused-ring (bicyclic) bond motifs is 5. The highest BCUT2D eigenvalue weighted by Crippen LogP contribution is 2.78. The minimum atomic E-state index is -2.20. The first-order valence-electron chi connectivity index (χ1n) is 14.7. The molecular weight excluding hydrogens is 544 g/mol. The Labute approximate surface area is 245 Å². The van der Waals surface area contributed by atoms with E-state index in [0.717, 1.165) is 5.56 Å². The lowest BCUT2D eigenvalue weighted by Gasteiger charge is -2.66. The first-order valence-corrected chi connectivity index (χ1v) is 14.7. The van der Waals surface area contributed by atoms with E-state index in [4.69, 9.17) is 23.4 Å². The molecule has 2 saturated heterocycles. The summed E-state index contributed by atoms with van der Waals surface area (Å²) in [5.74, 6) is -3.53. The number of carbonyl (C=O) groups excluding carboxylic acids is 4. The van der Waals surface area contributed by atoms with Crippen molar-refractivity contribution in [3.05, 3.63) is 35.8 Å². The molecule has 6 rings (SSSR count). The van der Waals surface area contributed by atoms with Gasteiger partial charge in [0.05, 0.1) is 26.1 Å². The summed E-state index contributed by atoms with van der Waals surface area (Å²) in [6.45, 7) is 10.8. The van der Waals surface area contributed by atoms with Crippen molar-refractivity contribution >= 4 is 23.7 Å². The van der Waals surface area contributed by atoms with Crippen LogP contribution in [0.5, 0.6) is 0 Å². The van der Waals surface area contributed by atoms with E-state index >= 15 is 0 Å². The highest BCUT2D eigenvalue weighted by atomic mass is 16.6. The number of cyclic esters (lactones) is 1. The van der Waals surface area contributed by atoms with Crippen LogP contribution in [-0.2, 0) is 38.1 Å². The lowest BCUT2D eigenvalue weighted by Crippen LogP contribution is -2.80. The zero-order valence-electron chi connectivity index (χ0n) is 25.2. The van der Waals surface area contributed by atoms with Crippen molar-refractivity contribution in [2.45, 2.75) is 96.7 Å². The van der Waals surface area contributed by atoms with Gasteiger partial charge in [0.1, 0.15) is 23.9 Å². The van der Waals surface area contributed by atoms with Gasteiger partial charge in [-0.15, -0.1) is 0 Å².